The van der Waals surface area contributed by atoms with E-state index in [4.69, 9.17) is 4.52 Å². The van der Waals surface area contributed by atoms with E-state index in [1.807, 2.05) is 68.4 Å². The van der Waals surface area contributed by atoms with E-state index < -0.39 is 9.84 Å². The molecule has 0 aliphatic carbocycles. The van der Waals surface area contributed by atoms with Crippen molar-refractivity contribution in [3.63, 3.8) is 0 Å². The summed E-state index contributed by atoms with van der Waals surface area (Å²) in [7, 11) is 0.113. The van der Waals surface area contributed by atoms with E-state index in [2.05, 4.69) is 5.16 Å². The highest BCUT2D eigenvalue weighted by molar-refractivity contribution is 8.76. The van der Waals surface area contributed by atoms with Crippen molar-refractivity contribution in [1.29, 1.82) is 0 Å². The van der Waals surface area contributed by atoms with Crippen molar-refractivity contribution in [2.75, 3.05) is 0 Å². The van der Waals surface area contributed by atoms with Gasteiger partial charge in [-0.2, -0.15) is 0 Å². The maximum absolute atomic E-state index is 12.5. The second-order valence-electron chi connectivity index (χ2n) is 6.31. The number of sulfone groups is 1. The van der Waals surface area contributed by atoms with E-state index >= 15 is 0 Å². The van der Waals surface area contributed by atoms with E-state index in [9.17, 15) is 8.42 Å². The van der Waals surface area contributed by atoms with Crippen LogP contribution in [0.15, 0.2) is 64.0 Å². The van der Waals surface area contributed by atoms with Crippen molar-refractivity contribution in [3.05, 3.63) is 82.7 Å². The Morgan fingerprint density at radius 3 is 2.37 bits per heavy atom. The molecule has 3 aromatic rings. The van der Waals surface area contributed by atoms with Gasteiger partial charge in [-0.25, -0.2) is 8.42 Å². The van der Waals surface area contributed by atoms with Gasteiger partial charge in [-0.1, -0.05) is 69.2 Å². The fourth-order valence-electron chi connectivity index (χ4n) is 2.68. The zero-order valence-electron chi connectivity index (χ0n) is 15.2. The van der Waals surface area contributed by atoms with Crippen LogP contribution >= 0.6 is 21.6 Å². The Kier molecular flexibility index (Phi) is 6.68. The molecule has 0 aliphatic rings. The highest BCUT2D eigenvalue weighted by atomic mass is 33.1. The molecule has 0 N–H and O–H groups in total. The van der Waals surface area contributed by atoms with Gasteiger partial charge in [0.25, 0.3) is 0 Å². The van der Waals surface area contributed by atoms with Crippen molar-refractivity contribution in [2.45, 2.75) is 36.0 Å². The number of benzene rings is 2. The van der Waals surface area contributed by atoms with Crippen LogP contribution in [0.5, 0.6) is 0 Å². The van der Waals surface area contributed by atoms with Crippen LogP contribution in [-0.2, 0) is 27.1 Å². The predicted molar refractivity (Wildman–Crippen MR) is 112 cm³/mol. The maximum atomic E-state index is 12.5. The molecular formula is C20H21NO3S3. The summed E-state index contributed by atoms with van der Waals surface area (Å²) >= 11 is 0. The summed E-state index contributed by atoms with van der Waals surface area (Å²) in [5.74, 6) is 1.75. The van der Waals surface area contributed by atoms with Gasteiger partial charge >= 0.3 is 0 Å². The number of aryl methyl sites for hydroxylation is 2. The maximum Gasteiger partial charge on any atom is 0.158 e. The van der Waals surface area contributed by atoms with Gasteiger partial charge in [-0.15, -0.1) is 0 Å². The molecule has 142 valence electrons. The Bertz CT molecular complexity index is 979. The van der Waals surface area contributed by atoms with Crippen LogP contribution in [0.1, 0.15) is 28.1 Å². The van der Waals surface area contributed by atoms with Gasteiger partial charge in [0.15, 0.2) is 9.84 Å². The summed E-state index contributed by atoms with van der Waals surface area (Å²) in [4.78, 5) is 1.04. The second kappa shape index (κ2) is 8.99. The average molecular weight is 420 g/mol. The lowest BCUT2D eigenvalue weighted by Gasteiger charge is -2.07. The average Bonchev–Trinajstić information content (AvgIpc) is 2.94. The Balaban J connectivity index is 1.60. The Labute approximate surface area is 168 Å². The Morgan fingerprint density at radius 1 is 0.963 bits per heavy atom. The van der Waals surface area contributed by atoms with Crippen LogP contribution in [0.25, 0.3) is 0 Å². The first-order valence-electron chi connectivity index (χ1n) is 8.47. The van der Waals surface area contributed by atoms with Gasteiger partial charge in [0.1, 0.15) is 5.76 Å². The fourth-order valence-corrected chi connectivity index (χ4v) is 6.48. The summed E-state index contributed by atoms with van der Waals surface area (Å²) in [6, 6.07) is 17.0. The van der Waals surface area contributed by atoms with Gasteiger partial charge in [0, 0.05) is 16.2 Å². The molecule has 0 atom stereocenters. The van der Waals surface area contributed by atoms with Crippen LogP contribution in [0.4, 0.5) is 0 Å². The lowest BCUT2D eigenvalue weighted by atomic mass is 10.2. The first-order valence-corrected chi connectivity index (χ1v) is 12.6. The van der Waals surface area contributed by atoms with Crippen molar-refractivity contribution < 1.29 is 12.9 Å². The molecule has 3 rings (SSSR count). The van der Waals surface area contributed by atoms with Crippen LogP contribution in [-0.4, -0.2) is 13.6 Å². The first kappa shape index (κ1) is 20.0. The molecule has 27 heavy (non-hydrogen) atoms. The van der Waals surface area contributed by atoms with Gasteiger partial charge in [0.2, 0.25) is 0 Å². The smallest absolute Gasteiger partial charge is 0.158 e. The molecule has 0 spiro atoms. The zero-order valence-corrected chi connectivity index (χ0v) is 17.7. The second-order valence-corrected chi connectivity index (χ2v) is 10.7. The third kappa shape index (κ3) is 5.89. The number of nitrogens with zero attached hydrogens (tertiary/aromatic N) is 1. The molecule has 1 aromatic heterocycles. The van der Waals surface area contributed by atoms with Gasteiger partial charge < -0.3 is 4.52 Å². The molecule has 0 aliphatic heterocycles. The van der Waals surface area contributed by atoms with Crippen LogP contribution in [0.3, 0.4) is 0 Å². The van der Waals surface area contributed by atoms with Crippen LogP contribution in [0.2, 0.25) is 0 Å². The molecule has 0 bridgehead atoms. The summed E-state index contributed by atoms with van der Waals surface area (Å²) in [6.07, 6.45) is 0. The molecule has 7 heteroatoms. The third-order valence-electron chi connectivity index (χ3n) is 4.05. The normalized spacial score (nSPS) is 11.6. The van der Waals surface area contributed by atoms with E-state index in [0.29, 0.717) is 0 Å². The molecule has 0 unspecified atom stereocenters. The number of rotatable bonds is 8. The lowest BCUT2D eigenvalue weighted by molar-refractivity contribution is 0.392. The monoisotopic (exact) mass is 419 g/mol. The van der Waals surface area contributed by atoms with Gasteiger partial charge in [0.05, 0.1) is 17.2 Å². The summed E-state index contributed by atoms with van der Waals surface area (Å²) in [5.41, 5.74) is 3.67. The van der Waals surface area contributed by atoms with E-state index in [1.165, 1.54) is 0 Å². The van der Waals surface area contributed by atoms with Crippen molar-refractivity contribution in [1.82, 2.24) is 5.16 Å². The molecule has 4 nitrogen and oxygen atoms in total. The lowest BCUT2D eigenvalue weighted by Crippen LogP contribution is -2.07. The highest BCUT2D eigenvalue weighted by Gasteiger charge is 2.14. The molecule has 2 aromatic carbocycles. The number of hydrogen-bond donors (Lipinski definition) is 0. The minimum atomic E-state index is -3.21. The zero-order chi connectivity index (χ0) is 19.3. The molecule has 0 saturated heterocycles. The largest absolute Gasteiger partial charge is 0.361 e. The molecule has 0 radical (unpaired) electrons. The van der Waals surface area contributed by atoms with Crippen molar-refractivity contribution >= 4 is 31.4 Å². The van der Waals surface area contributed by atoms with Crippen molar-refractivity contribution in [3.8, 4) is 0 Å². The molecule has 0 fully saturated rings. The van der Waals surface area contributed by atoms with Gasteiger partial charge in [-0.05, 0) is 37.1 Å². The van der Waals surface area contributed by atoms with E-state index in [0.717, 1.165) is 38.8 Å². The minimum absolute atomic E-state index is 0.0465. The first-order chi connectivity index (χ1) is 12.9. The fraction of sp³-hybridized carbons (Fsp3) is 0.250. The summed E-state index contributed by atoms with van der Waals surface area (Å²) < 4.78 is 30.2. The quantitative estimate of drug-likeness (QED) is 0.459. The van der Waals surface area contributed by atoms with Crippen molar-refractivity contribution in [2.24, 2.45) is 0 Å². The summed E-state index contributed by atoms with van der Waals surface area (Å²) in [5, 5.41) is 3.97. The van der Waals surface area contributed by atoms with Crippen LogP contribution in [0, 0.1) is 13.8 Å². The SMILES string of the molecule is Cc1noc(C)c1CSSc1cccc(CS(=O)(=O)Cc2ccccc2)c1. The van der Waals surface area contributed by atoms with Gasteiger partial charge in [-0.3, -0.25) is 0 Å². The third-order valence-corrected chi connectivity index (χ3v) is 7.86. The standard InChI is InChI=1S/C20H21NO3S3/c1-15-20(16(2)24-21-15)12-25-26-19-10-6-9-18(11-19)14-27(22,23)13-17-7-4-3-5-8-17/h3-11H,12-14H2,1-2H3. The minimum Gasteiger partial charge on any atom is -0.361 e. The van der Waals surface area contributed by atoms with E-state index in [-0.39, 0.29) is 11.5 Å². The Morgan fingerprint density at radius 2 is 1.67 bits per heavy atom. The topological polar surface area (TPSA) is 60.2 Å². The Hall–Kier alpha value is -1.70. The molecule has 0 amide bonds. The number of hydrogen-bond acceptors (Lipinski definition) is 6. The molecule has 1 heterocycles. The predicted octanol–water partition coefficient (Wildman–Crippen LogP) is 5.35. The molecule has 0 saturated carbocycles. The highest BCUT2D eigenvalue weighted by Crippen LogP contribution is 2.35. The number of aromatic nitrogens is 1. The van der Waals surface area contributed by atoms with Crippen LogP contribution < -0.4 is 0 Å². The summed E-state index contributed by atoms with van der Waals surface area (Å²) in [6.45, 7) is 3.86. The van der Waals surface area contributed by atoms with E-state index in [1.54, 1.807) is 21.6 Å². The molecular weight excluding hydrogens is 398 g/mol.